The fourth-order valence-corrected chi connectivity index (χ4v) is 5.97. The quantitative estimate of drug-likeness (QED) is 0.354. The van der Waals surface area contributed by atoms with Gasteiger partial charge in [-0.25, -0.2) is 13.8 Å². The van der Waals surface area contributed by atoms with Crippen LogP contribution in [0.4, 0.5) is 20.5 Å². The highest BCUT2D eigenvalue weighted by molar-refractivity contribution is 6.35. The summed E-state index contributed by atoms with van der Waals surface area (Å²) in [7, 11) is 4.04. The Balaban J connectivity index is 1.50. The zero-order valence-electron chi connectivity index (χ0n) is 22.6. The summed E-state index contributed by atoms with van der Waals surface area (Å²) in [6, 6.07) is 6.57. The number of benzene rings is 2. The normalized spacial score (nSPS) is 18.2. The molecule has 0 aliphatic carbocycles. The molecule has 1 atom stereocenters. The summed E-state index contributed by atoms with van der Waals surface area (Å²) in [4.78, 5) is 32.9. The lowest BCUT2D eigenvalue weighted by Crippen LogP contribution is -2.58. The molecule has 0 radical (unpaired) electrons. The molecule has 6 rings (SSSR count). The number of nitrogens with one attached hydrogen (secondary N) is 1. The number of nitrogens with zero attached hydrogens (tertiary/aromatic N) is 6. The third-order valence-corrected chi connectivity index (χ3v) is 8.33. The van der Waals surface area contributed by atoms with Crippen molar-refractivity contribution in [3.8, 4) is 11.1 Å². The number of fused-ring (bicyclic) bond motifs is 2. The second-order valence-corrected chi connectivity index (χ2v) is 11.1. The molecule has 1 N–H and O–H groups in total. The molecule has 1 amide bonds. The Hall–Kier alpha value is -3.76. The summed E-state index contributed by atoms with van der Waals surface area (Å²) >= 11 is 6.74. The lowest BCUT2D eigenvalue weighted by molar-refractivity contribution is -0.128. The number of carbonyl (C=O) groups excluding carboxylic acids is 1. The van der Waals surface area contributed by atoms with Crippen LogP contribution in [-0.2, 0) is 4.79 Å². The first kappa shape index (κ1) is 26.5. The number of hydrogen-bond donors (Lipinski definition) is 1. The molecule has 208 valence electrons. The maximum absolute atomic E-state index is 16.5. The van der Waals surface area contributed by atoms with Crippen molar-refractivity contribution in [2.75, 3.05) is 56.6 Å². The molecule has 2 aliphatic heterocycles. The number of hydrogen-bond acceptors (Lipinski definition) is 6. The molecule has 8 nitrogen and oxygen atoms in total. The summed E-state index contributed by atoms with van der Waals surface area (Å²) in [6.45, 7) is 8.48. The van der Waals surface area contributed by atoms with Gasteiger partial charge in [0.2, 0.25) is 11.9 Å². The lowest BCUT2D eigenvalue weighted by atomic mass is 10.0. The number of carbonyl (C=O) groups is 1. The number of aromatic nitrogens is 3. The molecule has 2 aliphatic rings. The number of rotatable bonds is 5. The van der Waals surface area contributed by atoms with Crippen LogP contribution in [0.3, 0.4) is 0 Å². The molecule has 1 unspecified atom stereocenters. The molecule has 2 aromatic heterocycles. The summed E-state index contributed by atoms with van der Waals surface area (Å²) in [5.41, 5.74) is 1.09. The van der Waals surface area contributed by atoms with Crippen LogP contribution in [0, 0.1) is 11.6 Å². The van der Waals surface area contributed by atoms with Gasteiger partial charge in [0.25, 0.3) is 0 Å². The number of anilines is 2. The van der Waals surface area contributed by atoms with Crippen molar-refractivity contribution in [3.05, 3.63) is 59.8 Å². The highest BCUT2D eigenvalue weighted by Gasteiger charge is 2.34. The number of amides is 1. The minimum absolute atomic E-state index is 0.0886. The van der Waals surface area contributed by atoms with E-state index < -0.39 is 11.6 Å². The van der Waals surface area contributed by atoms with Crippen LogP contribution in [0.15, 0.2) is 43.1 Å². The Kier molecular flexibility index (Phi) is 6.62. The molecule has 0 saturated carbocycles. The summed E-state index contributed by atoms with van der Waals surface area (Å²) in [5, 5.41) is 0.873. The molecular weight excluding hydrogens is 536 g/mol. The Morgan fingerprint density at radius 2 is 1.95 bits per heavy atom. The molecule has 2 aromatic carbocycles. The standard InChI is InChI=1S/C29H30ClF2N7O/c1-5-23(40)39-10-9-37(13-16(39)2)28-18-11-20(30)24(19-12-33-22-8-6-7-21(31)25(19)22)26(32)27(18)34-29(35-28)38-14-17(15-38)36(3)4/h5-8,11-12,16-17,33H,1,9-10,13-15H2,2-4H3. The van der Waals surface area contributed by atoms with Gasteiger partial charge in [-0.1, -0.05) is 24.2 Å². The van der Waals surface area contributed by atoms with E-state index in [4.69, 9.17) is 16.6 Å². The predicted molar refractivity (Wildman–Crippen MR) is 155 cm³/mol. The maximum Gasteiger partial charge on any atom is 0.246 e. The predicted octanol–water partition coefficient (Wildman–Crippen LogP) is 4.68. The number of likely N-dealkylation sites (N-methyl/N-ethyl adjacent to an activating group) is 1. The molecular formula is C29H30ClF2N7O. The van der Waals surface area contributed by atoms with Gasteiger partial charge in [-0.3, -0.25) is 4.79 Å². The average Bonchev–Trinajstić information content (AvgIpc) is 3.32. The van der Waals surface area contributed by atoms with Crippen molar-refractivity contribution in [1.29, 1.82) is 0 Å². The van der Waals surface area contributed by atoms with E-state index in [2.05, 4.69) is 26.3 Å². The zero-order chi connectivity index (χ0) is 28.3. The van der Waals surface area contributed by atoms with Crippen LogP contribution in [0.2, 0.25) is 5.02 Å². The van der Waals surface area contributed by atoms with Gasteiger partial charge in [-0.2, -0.15) is 4.98 Å². The number of piperazine rings is 1. The smallest absolute Gasteiger partial charge is 0.246 e. The molecule has 40 heavy (non-hydrogen) atoms. The van der Waals surface area contributed by atoms with Crippen LogP contribution in [0.1, 0.15) is 6.92 Å². The topological polar surface area (TPSA) is 71.6 Å². The highest BCUT2D eigenvalue weighted by Crippen LogP contribution is 2.42. The van der Waals surface area contributed by atoms with Crippen LogP contribution in [-0.4, -0.2) is 89.6 Å². The minimum Gasteiger partial charge on any atom is -0.360 e. The van der Waals surface area contributed by atoms with Gasteiger partial charge >= 0.3 is 0 Å². The Morgan fingerprint density at radius 1 is 1.18 bits per heavy atom. The van der Waals surface area contributed by atoms with Crippen LogP contribution in [0.25, 0.3) is 32.9 Å². The maximum atomic E-state index is 16.5. The van der Waals surface area contributed by atoms with Gasteiger partial charge in [0, 0.05) is 78.4 Å². The van der Waals surface area contributed by atoms with Crippen molar-refractivity contribution >= 4 is 51.1 Å². The number of halogens is 3. The van der Waals surface area contributed by atoms with E-state index in [-0.39, 0.29) is 33.4 Å². The van der Waals surface area contributed by atoms with Gasteiger partial charge in [0.15, 0.2) is 5.82 Å². The highest BCUT2D eigenvalue weighted by atomic mass is 35.5. The molecule has 4 aromatic rings. The third-order valence-electron chi connectivity index (χ3n) is 8.04. The van der Waals surface area contributed by atoms with E-state index in [9.17, 15) is 9.18 Å². The monoisotopic (exact) mass is 565 g/mol. The van der Waals surface area contributed by atoms with Gasteiger partial charge in [0.05, 0.1) is 5.02 Å². The Morgan fingerprint density at radius 3 is 2.65 bits per heavy atom. The largest absolute Gasteiger partial charge is 0.360 e. The van der Waals surface area contributed by atoms with Crippen molar-refractivity contribution < 1.29 is 13.6 Å². The first-order chi connectivity index (χ1) is 19.2. The summed E-state index contributed by atoms with van der Waals surface area (Å²) < 4.78 is 31.4. The second-order valence-electron chi connectivity index (χ2n) is 10.7. The van der Waals surface area contributed by atoms with E-state index in [0.717, 1.165) is 0 Å². The fourth-order valence-electron chi connectivity index (χ4n) is 5.68. The number of aromatic amines is 1. The summed E-state index contributed by atoms with van der Waals surface area (Å²) in [5.74, 6) is -0.238. The molecule has 2 saturated heterocycles. The Labute approximate surface area is 235 Å². The SMILES string of the molecule is C=CC(=O)N1CCN(c2nc(N3CC(N(C)C)C3)nc3c(F)c(-c4c[nH]c5cccc(F)c45)c(Cl)cc23)CC1C. The van der Waals surface area contributed by atoms with Gasteiger partial charge < -0.3 is 24.6 Å². The van der Waals surface area contributed by atoms with Crippen LogP contribution >= 0.6 is 11.6 Å². The van der Waals surface area contributed by atoms with Gasteiger partial charge in [-0.05, 0) is 45.3 Å². The molecule has 0 spiro atoms. The molecule has 4 heterocycles. The van der Waals surface area contributed by atoms with E-state index in [1.165, 1.54) is 12.1 Å². The molecule has 2 fully saturated rings. The van der Waals surface area contributed by atoms with Gasteiger partial charge in [0.1, 0.15) is 17.2 Å². The second kappa shape index (κ2) is 10.0. The van der Waals surface area contributed by atoms with Crippen molar-refractivity contribution in [2.24, 2.45) is 0 Å². The number of H-pyrrole nitrogens is 1. The van der Waals surface area contributed by atoms with E-state index >= 15 is 4.39 Å². The van der Waals surface area contributed by atoms with Crippen molar-refractivity contribution in [2.45, 2.75) is 19.0 Å². The minimum atomic E-state index is -0.630. The first-order valence-electron chi connectivity index (χ1n) is 13.2. The fraction of sp³-hybridized carbons (Fsp3) is 0.345. The van der Waals surface area contributed by atoms with Gasteiger partial charge in [-0.15, -0.1) is 0 Å². The molecule has 0 bridgehead atoms. The van der Waals surface area contributed by atoms with Crippen molar-refractivity contribution in [3.63, 3.8) is 0 Å². The molecule has 11 heteroatoms. The summed E-state index contributed by atoms with van der Waals surface area (Å²) in [6.07, 6.45) is 2.89. The third kappa shape index (κ3) is 4.26. The van der Waals surface area contributed by atoms with Crippen molar-refractivity contribution in [1.82, 2.24) is 24.8 Å². The van der Waals surface area contributed by atoms with E-state index in [1.807, 2.05) is 25.9 Å². The van der Waals surface area contributed by atoms with Crippen LogP contribution < -0.4 is 9.80 Å². The Bertz CT molecular complexity index is 1650. The average molecular weight is 566 g/mol. The lowest BCUT2D eigenvalue weighted by Gasteiger charge is -2.43. The van der Waals surface area contributed by atoms with E-state index in [1.54, 1.807) is 29.3 Å². The van der Waals surface area contributed by atoms with E-state index in [0.29, 0.717) is 67.0 Å². The van der Waals surface area contributed by atoms with Crippen LogP contribution in [0.5, 0.6) is 0 Å². The first-order valence-corrected chi connectivity index (χ1v) is 13.6. The zero-order valence-corrected chi connectivity index (χ0v) is 23.3.